The summed E-state index contributed by atoms with van der Waals surface area (Å²) in [6.45, 7) is 1.80. The largest absolute Gasteiger partial charge is 0.417 e. The summed E-state index contributed by atoms with van der Waals surface area (Å²) in [4.78, 5) is 23.0. The van der Waals surface area contributed by atoms with Crippen molar-refractivity contribution in [1.82, 2.24) is 0 Å². The van der Waals surface area contributed by atoms with Gasteiger partial charge in [0.2, 0.25) is 0 Å². The van der Waals surface area contributed by atoms with Gasteiger partial charge in [-0.1, -0.05) is 30.2 Å². The van der Waals surface area contributed by atoms with Crippen LogP contribution >= 0.6 is 0 Å². The summed E-state index contributed by atoms with van der Waals surface area (Å²) >= 11 is 0. The van der Waals surface area contributed by atoms with Crippen molar-refractivity contribution in [1.29, 1.82) is 0 Å². The van der Waals surface area contributed by atoms with Crippen LogP contribution in [0.25, 0.3) is 0 Å². The minimum atomic E-state index is -4.66. The minimum absolute atomic E-state index is 0.146. The third-order valence-electron chi connectivity index (χ3n) is 3.63. The molecule has 0 spiro atoms. The number of carbonyl (C=O) groups is 2. The predicted molar refractivity (Wildman–Crippen MR) is 84.0 cm³/mol. The van der Waals surface area contributed by atoms with Crippen LogP contribution in [-0.2, 0) is 12.6 Å². The second kappa shape index (κ2) is 6.71. The van der Waals surface area contributed by atoms with Crippen molar-refractivity contribution in [2.75, 3.05) is 0 Å². The Balaban J connectivity index is 2.33. The third kappa shape index (κ3) is 3.72. The van der Waals surface area contributed by atoms with Crippen LogP contribution in [0, 0.1) is 19.3 Å². The Kier molecular flexibility index (Phi) is 4.89. The number of hydrogen-bond donors (Lipinski definition) is 0. The van der Waals surface area contributed by atoms with E-state index in [1.165, 1.54) is 6.07 Å². The van der Waals surface area contributed by atoms with Crippen molar-refractivity contribution in [3.05, 3.63) is 69.8 Å². The van der Waals surface area contributed by atoms with Crippen molar-refractivity contribution in [3.8, 4) is 12.3 Å². The van der Waals surface area contributed by atoms with E-state index in [2.05, 4.69) is 5.92 Å². The van der Waals surface area contributed by atoms with Gasteiger partial charge in [-0.25, -0.2) is 0 Å². The van der Waals surface area contributed by atoms with E-state index < -0.39 is 17.3 Å². The van der Waals surface area contributed by atoms with E-state index in [0.717, 1.165) is 17.7 Å². The number of hydrogen-bond acceptors (Lipinski definition) is 2. The molecule has 0 aliphatic heterocycles. The van der Waals surface area contributed by atoms with Crippen LogP contribution in [0.2, 0.25) is 0 Å². The lowest BCUT2D eigenvalue weighted by Gasteiger charge is -2.11. The van der Waals surface area contributed by atoms with Crippen LogP contribution in [0.4, 0.5) is 13.2 Å². The number of terminal acetylenes is 1. The molecule has 0 N–H and O–H groups in total. The molecule has 24 heavy (non-hydrogen) atoms. The number of carbonyl (C=O) groups excluding carboxylic acids is 2. The number of Topliss-reactive ketones (excluding diaryl/α,β-unsaturated/α-hetero) is 1. The SMILES string of the molecule is C#Cc1cc(C(=O)Cc2ccc(C=O)c(C(F)(F)F)c2)ccc1C. The fourth-order valence-corrected chi connectivity index (χ4v) is 2.30. The van der Waals surface area contributed by atoms with Crippen LogP contribution in [-0.4, -0.2) is 12.1 Å². The van der Waals surface area contributed by atoms with Crippen LogP contribution in [0.3, 0.4) is 0 Å². The highest BCUT2D eigenvalue weighted by molar-refractivity contribution is 5.98. The average Bonchev–Trinajstić information content (AvgIpc) is 2.54. The number of halogens is 3. The van der Waals surface area contributed by atoms with E-state index in [4.69, 9.17) is 6.42 Å². The molecule has 2 aromatic rings. The van der Waals surface area contributed by atoms with Gasteiger partial charge in [-0.05, 0) is 30.2 Å². The number of ketones is 1. The molecule has 0 aliphatic rings. The van der Waals surface area contributed by atoms with Gasteiger partial charge < -0.3 is 0 Å². The summed E-state index contributed by atoms with van der Waals surface area (Å²) in [5.74, 6) is 2.11. The second-order valence-corrected chi connectivity index (χ2v) is 5.31. The molecule has 0 radical (unpaired) electrons. The number of aryl methyl sites for hydroxylation is 1. The van der Waals surface area contributed by atoms with Crippen molar-refractivity contribution in [3.63, 3.8) is 0 Å². The zero-order chi connectivity index (χ0) is 17.9. The number of alkyl halides is 3. The van der Waals surface area contributed by atoms with E-state index in [9.17, 15) is 22.8 Å². The summed E-state index contributed by atoms with van der Waals surface area (Å²) in [5.41, 5.74) is 0.416. The van der Waals surface area contributed by atoms with Gasteiger partial charge in [-0.15, -0.1) is 6.42 Å². The summed E-state index contributed by atoms with van der Waals surface area (Å²) in [5, 5.41) is 0. The standard InChI is InChI=1S/C19H13F3O2/c1-3-14-10-15(6-4-12(14)2)18(24)9-13-5-7-16(11-23)17(8-13)19(20,21)22/h1,4-8,10-11H,9H2,2H3. The van der Waals surface area contributed by atoms with Crippen molar-refractivity contribution >= 4 is 12.1 Å². The fourth-order valence-electron chi connectivity index (χ4n) is 2.30. The van der Waals surface area contributed by atoms with E-state index in [1.54, 1.807) is 25.1 Å². The quantitative estimate of drug-likeness (QED) is 0.477. The maximum Gasteiger partial charge on any atom is 0.417 e. The summed E-state index contributed by atoms with van der Waals surface area (Å²) in [6.07, 6.45) is 0.629. The molecule has 0 atom stereocenters. The van der Waals surface area contributed by atoms with Crippen molar-refractivity contribution in [2.45, 2.75) is 19.5 Å². The molecule has 0 aliphatic carbocycles. The molecule has 0 unspecified atom stereocenters. The lowest BCUT2D eigenvalue weighted by Crippen LogP contribution is -2.11. The maximum absolute atomic E-state index is 13.0. The van der Waals surface area contributed by atoms with Gasteiger partial charge in [0, 0.05) is 23.1 Å². The Morgan fingerprint density at radius 3 is 2.50 bits per heavy atom. The van der Waals surface area contributed by atoms with Gasteiger partial charge >= 0.3 is 6.18 Å². The lowest BCUT2D eigenvalue weighted by atomic mass is 9.96. The molecule has 0 saturated heterocycles. The van der Waals surface area contributed by atoms with Crippen LogP contribution in [0.5, 0.6) is 0 Å². The number of aldehydes is 1. The maximum atomic E-state index is 13.0. The van der Waals surface area contributed by atoms with Crippen LogP contribution in [0.15, 0.2) is 36.4 Å². The molecule has 2 aromatic carbocycles. The Morgan fingerprint density at radius 1 is 1.21 bits per heavy atom. The fraction of sp³-hybridized carbons (Fsp3) is 0.158. The molecule has 2 rings (SSSR count). The van der Waals surface area contributed by atoms with Crippen LogP contribution in [0.1, 0.15) is 43.0 Å². The molecular formula is C19H13F3O2. The number of benzene rings is 2. The molecular weight excluding hydrogens is 317 g/mol. The van der Waals surface area contributed by atoms with Crippen LogP contribution < -0.4 is 0 Å². The van der Waals surface area contributed by atoms with Gasteiger partial charge in [0.05, 0.1) is 5.56 Å². The van der Waals surface area contributed by atoms with E-state index >= 15 is 0 Å². The van der Waals surface area contributed by atoms with E-state index in [1.807, 2.05) is 0 Å². The first-order chi connectivity index (χ1) is 11.3. The van der Waals surface area contributed by atoms with Gasteiger partial charge in [0.15, 0.2) is 12.1 Å². The third-order valence-corrected chi connectivity index (χ3v) is 3.63. The first-order valence-corrected chi connectivity index (χ1v) is 7.02. The van der Waals surface area contributed by atoms with Crippen molar-refractivity contribution < 1.29 is 22.8 Å². The zero-order valence-corrected chi connectivity index (χ0v) is 12.8. The summed E-state index contributed by atoms with van der Waals surface area (Å²) in [7, 11) is 0. The zero-order valence-electron chi connectivity index (χ0n) is 12.8. The predicted octanol–water partition coefficient (Wildman–Crippen LogP) is 4.23. The van der Waals surface area contributed by atoms with Gasteiger partial charge in [-0.3, -0.25) is 9.59 Å². The smallest absolute Gasteiger partial charge is 0.298 e. The molecule has 0 fully saturated rings. The van der Waals surface area contributed by atoms with Crippen molar-refractivity contribution in [2.24, 2.45) is 0 Å². The highest BCUT2D eigenvalue weighted by atomic mass is 19.4. The Hall–Kier alpha value is -2.87. The summed E-state index contributed by atoms with van der Waals surface area (Å²) in [6, 6.07) is 8.07. The molecule has 0 aromatic heterocycles. The number of rotatable bonds is 4. The molecule has 122 valence electrons. The molecule has 0 saturated carbocycles. The Labute approximate surface area is 137 Å². The Bertz CT molecular complexity index is 843. The molecule has 5 heteroatoms. The lowest BCUT2D eigenvalue weighted by molar-refractivity contribution is -0.137. The van der Waals surface area contributed by atoms with E-state index in [0.29, 0.717) is 11.1 Å². The topological polar surface area (TPSA) is 34.1 Å². The summed E-state index contributed by atoms with van der Waals surface area (Å²) < 4.78 is 38.9. The first kappa shape index (κ1) is 17.5. The van der Waals surface area contributed by atoms with E-state index in [-0.39, 0.29) is 24.1 Å². The average molecular weight is 330 g/mol. The minimum Gasteiger partial charge on any atom is -0.298 e. The Morgan fingerprint density at radius 2 is 1.92 bits per heavy atom. The highest BCUT2D eigenvalue weighted by Gasteiger charge is 2.33. The van der Waals surface area contributed by atoms with Gasteiger partial charge in [-0.2, -0.15) is 13.2 Å². The molecule has 0 amide bonds. The second-order valence-electron chi connectivity index (χ2n) is 5.31. The molecule has 0 heterocycles. The first-order valence-electron chi connectivity index (χ1n) is 7.02. The van der Waals surface area contributed by atoms with Gasteiger partial charge in [0.1, 0.15) is 0 Å². The normalized spacial score (nSPS) is 11.0. The van der Waals surface area contributed by atoms with Gasteiger partial charge in [0.25, 0.3) is 0 Å². The molecule has 2 nitrogen and oxygen atoms in total. The highest BCUT2D eigenvalue weighted by Crippen LogP contribution is 2.32. The molecule has 0 bridgehead atoms. The monoisotopic (exact) mass is 330 g/mol.